The molecule has 0 unspecified atom stereocenters. The third-order valence-electron chi connectivity index (χ3n) is 3.55. The smallest absolute Gasteiger partial charge is 0.267 e. The summed E-state index contributed by atoms with van der Waals surface area (Å²) in [5.74, 6) is -0.903. The Morgan fingerprint density at radius 1 is 1.04 bits per heavy atom. The second kappa shape index (κ2) is 7.45. The molecule has 26 heavy (non-hydrogen) atoms. The number of hydrogen-bond donors (Lipinski definition) is 2. The van der Waals surface area contributed by atoms with Crippen molar-refractivity contribution in [3.8, 4) is 10.6 Å². The Morgan fingerprint density at radius 3 is 2.42 bits per heavy atom. The van der Waals surface area contributed by atoms with Crippen LogP contribution in [0.15, 0.2) is 48.5 Å². The summed E-state index contributed by atoms with van der Waals surface area (Å²) in [5.41, 5.74) is 2.03. The van der Waals surface area contributed by atoms with Gasteiger partial charge in [0.05, 0.1) is 5.69 Å². The molecule has 0 saturated carbocycles. The van der Waals surface area contributed by atoms with Gasteiger partial charge in [0, 0.05) is 23.9 Å². The van der Waals surface area contributed by atoms with Gasteiger partial charge >= 0.3 is 0 Å². The van der Waals surface area contributed by atoms with Crippen molar-refractivity contribution in [2.45, 2.75) is 13.8 Å². The summed E-state index contributed by atoms with van der Waals surface area (Å²) in [5, 5.41) is 5.89. The van der Waals surface area contributed by atoms with Crippen molar-refractivity contribution in [1.82, 2.24) is 4.98 Å². The summed E-state index contributed by atoms with van der Waals surface area (Å²) in [6, 6.07) is 13.2. The fourth-order valence-corrected chi connectivity index (χ4v) is 3.41. The number of aromatic nitrogens is 1. The predicted octanol–water partition coefficient (Wildman–Crippen LogP) is 4.47. The fourth-order valence-electron chi connectivity index (χ4n) is 2.42. The molecule has 2 N–H and O–H groups in total. The van der Waals surface area contributed by atoms with Crippen LogP contribution >= 0.6 is 11.3 Å². The Morgan fingerprint density at radius 2 is 1.73 bits per heavy atom. The van der Waals surface area contributed by atoms with Crippen molar-refractivity contribution in [3.05, 3.63) is 64.9 Å². The van der Waals surface area contributed by atoms with Gasteiger partial charge in [0.15, 0.2) is 0 Å². The van der Waals surface area contributed by atoms with Crippen LogP contribution in [0.5, 0.6) is 0 Å². The lowest BCUT2D eigenvalue weighted by molar-refractivity contribution is -0.114. The molecule has 0 atom stereocenters. The number of thiazole rings is 1. The SMILES string of the molecule is CC(=O)Nc1cccc(NC(=O)c2sc(-c3ccccc3F)nc2C)c1. The molecule has 1 aromatic heterocycles. The zero-order valence-electron chi connectivity index (χ0n) is 14.2. The van der Waals surface area contributed by atoms with Gasteiger partial charge in [0.25, 0.3) is 5.91 Å². The highest BCUT2D eigenvalue weighted by molar-refractivity contribution is 7.17. The molecule has 2 aromatic carbocycles. The number of anilines is 2. The predicted molar refractivity (Wildman–Crippen MR) is 101 cm³/mol. The summed E-state index contributed by atoms with van der Waals surface area (Å²) in [6.45, 7) is 3.12. The van der Waals surface area contributed by atoms with Crippen LogP contribution in [0.2, 0.25) is 0 Å². The lowest BCUT2D eigenvalue weighted by atomic mass is 10.2. The van der Waals surface area contributed by atoms with Gasteiger partial charge in [-0.1, -0.05) is 18.2 Å². The third kappa shape index (κ3) is 3.94. The van der Waals surface area contributed by atoms with Crippen LogP contribution in [0.1, 0.15) is 22.3 Å². The minimum Gasteiger partial charge on any atom is -0.326 e. The van der Waals surface area contributed by atoms with Crippen molar-refractivity contribution in [3.63, 3.8) is 0 Å². The van der Waals surface area contributed by atoms with E-state index >= 15 is 0 Å². The number of halogens is 1. The zero-order valence-corrected chi connectivity index (χ0v) is 15.0. The number of nitrogens with one attached hydrogen (secondary N) is 2. The first-order valence-corrected chi connectivity index (χ1v) is 8.67. The molecule has 3 aromatic rings. The van der Waals surface area contributed by atoms with Crippen LogP contribution in [0.25, 0.3) is 10.6 Å². The first-order valence-electron chi connectivity index (χ1n) is 7.85. The maximum absolute atomic E-state index is 13.9. The van der Waals surface area contributed by atoms with Crippen molar-refractivity contribution in [2.75, 3.05) is 10.6 Å². The first-order chi connectivity index (χ1) is 12.4. The number of rotatable bonds is 4. The molecule has 2 amide bonds. The number of amides is 2. The molecular weight excluding hydrogens is 353 g/mol. The van der Waals surface area contributed by atoms with E-state index in [4.69, 9.17) is 0 Å². The van der Waals surface area contributed by atoms with E-state index in [1.807, 2.05) is 0 Å². The van der Waals surface area contributed by atoms with E-state index in [9.17, 15) is 14.0 Å². The maximum atomic E-state index is 13.9. The largest absolute Gasteiger partial charge is 0.326 e. The maximum Gasteiger partial charge on any atom is 0.267 e. The molecule has 5 nitrogen and oxygen atoms in total. The van der Waals surface area contributed by atoms with Gasteiger partial charge < -0.3 is 10.6 Å². The Labute approximate surface area is 153 Å². The van der Waals surface area contributed by atoms with Gasteiger partial charge in [-0.25, -0.2) is 9.37 Å². The highest BCUT2D eigenvalue weighted by Crippen LogP contribution is 2.30. The molecule has 132 valence electrons. The van der Waals surface area contributed by atoms with Gasteiger partial charge in [-0.05, 0) is 37.3 Å². The van der Waals surface area contributed by atoms with Gasteiger partial charge in [0.2, 0.25) is 5.91 Å². The minimum atomic E-state index is -0.379. The average molecular weight is 369 g/mol. The van der Waals surface area contributed by atoms with E-state index in [0.29, 0.717) is 32.5 Å². The Hall–Kier alpha value is -3.06. The van der Waals surface area contributed by atoms with E-state index in [2.05, 4.69) is 15.6 Å². The van der Waals surface area contributed by atoms with Crippen LogP contribution in [0.4, 0.5) is 15.8 Å². The molecule has 0 saturated heterocycles. The molecule has 0 spiro atoms. The standard InChI is InChI=1S/C19H16FN3O2S/c1-11-17(26-19(21-11)15-8-3-4-9-16(15)20)18(25)23-14-7-5-6-13(10-14)22-12(2)24/h3-10H,1-2H3,(H,22,24)(H,23,25). The normalized spacial score (nSPS) is 10.4. The highest BCUT2D eigenvalue weighted by Gasteiger charge is 2.18. The first kappa shape index (κ1) is 17.8. The molecule has 3 rings (SSSR count). The molecule has 1 heterocycles. The lowest BCUT2D eigenvalue weighted by Crippen LogP contribution is -2.12. The van der Waals surface area contributed by atoms with E-state index < -0.39 is 0 Å². The monoisotopic (exact) mass is 369 g/mol. The van der Waals surface area contributed by atoms with Gasteiger partial charge in [-0.15, -0.1) is 11.3 Å². The molecule has 0 aliphatic heterocycles. The van der Waals surface area contributed by atoms with E-state index in [0.717, 1.165) is 11.3 Å². The van der Waals surface area contributed by atoms with Crippen molar-refractivity contribution in [1.29, 1.82) is 0 Å². The topological polar surface area (TPSA) is 71.1 Å². The number of benzene rings is 2. The summed E-state index contributed by atoms with van der Waals surface area (Å²) in [7, 11) is 0. The van der Waals surface area contributed by atoms with Crippen LogP contribution in [-0.4, -0.2) is 16.8 Å². The number of hydrogen-bond acceptors (Lipinski definition) is 4. The average Bonchev–Trinajstić information content (AvgIpc) is 2.96. The van der Waals surface area contributed by atoms with Crippen molar-refractivity contribution >= 4 is 34.5 Å². The molecule has 0 aliphatic rings. The van der Waals surface area contributed by atoms with E-state index in [-0.39, 0.29) is 17.6 Å². The number of aryl methyl sites for hydroxylation is 1. The summed E-state index contributed by atoms with van der Waals surface area (Å²) >= 11 is 1.14. The number of nitrogens with zero attached hydrogens (tertiary/aromatic N) is 1. The molecular formula is C19H16FN3O2S. The van der Waals surface area contributed by atoms with Crippen molar-refractivity contribution < 1.29 is 14.0 Å². The van der Waals surface area contributed by atoms with Crippen molar-refractivity contribution in [2.24, 2.45) is 0 Å². The Bertz CT molecular complexity index is 984. The highest BCUT2D eigenvalue weighted by atomic mass is 32.1. The summed E-state index contributed by atoms with van der Waals surface area (Å²) in [4.78, 5) is 28.5. The zero-order chi connectivity index (χ0) is 18.7. The van der Waals surface area contributed by atoms with Gasteiger partial charge in [0.1, 0.15) is 15.7 Å². The van der Waals surface area contributed by atoms with Crippen LogP contribution < -0.4 is 10.6 Å². The number of carbonyl (C=O) groups is 2. The second-order valence-electron chi connectivity index (χ2n) is 5.63. The van der Waals surface area contributed by atoms with E-state index in [1.165, 1.54) is 13.0 Å². The minimum absolute atomic E-state index is 0.193. The Kier molecular flexibility index (Phi) is 5.09. The van der Waals surface area contributed by atoms with E-state index in [1.54, 1.807) is 49.4 Å². The summed E-state index contributed by atoms with van der Waals surface area (Å²) < 4.78 is 13.9. The van der Waals surface area contributed by atoms with Crippen LogP contribution in [0, 0.1) is 12.7 Å². The third-order valence-corrected chi connectivity index (χ3v) is 4.74. The lowest BCUT2D eigenvalue weighted by Gasteiger charge is -2.07. The Balaban J connectivity index is 1.83. The molecule has 0 bridgehead atoms. The van der Waals surface area contributed by atoms with Gasteiger partial charge in [-0.3, -0.25) is 9.59 Å². The molecule has 0 radical (unpaired) electrons. The molecule has 0 aliphatic carbocycles. The second-order valence-corrected chi connectivity index (χ2v) is 6.63. The number of carbonyl (C=O) groups excluding carboxylic acids is 2. The molecule has 7 heteroatoms. The van der Waals surface area contributed by atoms with Crippen LogP contribution in [0.3, 0.4) is 0 Å². The van der Waals surface area contributed by atoms with Gasteiger partial charge in [-0.2, -0.15) is 0 Å². The molecule has 0 fully saturated rings. The quantitative estimate of drug-likeness (QED) is 0.713. The summed E-state index contributed by atoms with van der Waals surface area (Å²) in [6.07, 6.45) is 0. The van der Waals surface area contributed by atoms with Crippen LogP contribution in [-0.2, 0) is 4.79 Å². The fraction of sp³-hybridized carbons (Fsp3) is 0.105.